The standard InChI is InChI=1S/C14H21NOS/c1-4-10(2)17-13-9-16-12-8-6-5-7-11(12)14(13)15-3/h5-8,10,13-15H,4,9H2,1-3H3. The lowest BCUT2D eigenvalue weighted by atomic mass is 10.0. The highest BCUT2D eigenvalue weighted by atomic mass is 32.2. The van der Waals surface area contributed by atoms with Gasteiger partial charge in [-0.15, -0.1) is 11.8 Å². The Bertz CT molecular complexity index is 369. The van der Waals surface area contributed by atoms with Crippen molar-refractivity contribution in [1.82, 2.24) is 5.32 Å². The summed E-state index contributed by atoms with van der Waals surface area (Å²) in [5.41, 5.74) is 1.29. The van der Waals surface area contributed by atoms with Gasteiger partial charge in [-0.3, -0.25) is 0 Å². The Morgan fingerprint density at radius 3 is 2.94 bits per heavy atom. The van der Waals surface area contributed by atoms with Gasteiger partial charge in [-0.2, -0.15) is 0 Å². The molecule has 2 rings (SSSR count). The number of para-hydroxylation sites is 1. The van der Waals surface area contributed by atoms with E-state index in [-0.39, 0.29) is 0 Å². The van der Waals surface area contributed by atoms with Gasteiger partial charge in [0.05, 0.1) is 11.3 Å². The first-order chi connectivity index (χ1) is 8.26. The largest absolute Gasteiger partial charge is 0.492 e. The number of ether oxygens (including phenoxy) is 1. The number of thioether (sulfide) groups is 1. The van der Waals surface area contributed by atoms with Gasteiger partial charge in [-0.25, -0.2) is 0 Å². The average Bonchev–Trinajstić information content (AvgIpc) is 2.38. The summed E-state index contributed by atoms with van der Waals surface area (Å²) in [6, 6.07) is 8.75. The molecule has 0 bridgehead atoms. The molecule has 1 aromatic rings. The van der Waals surface area contributed by atoms with E-state index in [1.54, 1.807) is 0 Å². The fourth-order valence-corrected chi connectivity index (χ4v) is 3.57. The number of hydrogen-bond donors (Lipinski definition) is 1. The molecule has 94 valence electrons. The van der Waals surface area contributed by atoms with Gasteiger partial charge in [0.15, 0.2) is 0 Å². The maximum absolute atomic E-state index is 5.85. The van der Waals surface area contributed by atoms with Gasteiger partial charge in [0, 0.05) is 10.8 Å². The fraction of sp³-hybridized carbons (Fsp3) is 0.571. The summed E-state index contributed by atoms with van der Waals surface area (Å²) in [6.45, 7) is 5.33. The molecular weight excluding hydrogens is 230 g/mol. The van der Waals surface area contributed by atoms with Gasteiger partial charge in [-0.05, 0) is 19.5 Å². The maximum Gasteiger partial charge on any atom is 0.124 e. The summed E-state index contributed by atoms with van der Waals surface area (Å²) in [5.74, 6) is 1.04. The van der Waals surface area contributed by atoms with Crippen LogP contribution in [0.1, 0.15) is 31.9 Å². The predicted octanol–water partition coefficient (Wildman–Crippen LogP) is 3.24. The molecule has 1 aromatic carbocycles. The monoisotopic (exact) mass is 251 g/mol. The Kier molecular flexibility index (Phi) is 4.35. The maximum atomic E-state index is 5.85. The first-order valence-electron chi connectivity index (χ1n) is 6.30. The summed E-state index contributed by atoms with van der Waals surface area (Å²) in [6.07, 6.45) is 1.21. The lowest BCUT2D eigenvalue weighted by molar-refractivity contribution is 0.264. The van der Waals surface area contributed by atoms with Crippen molar-refractivity contribution in [3.63, 3.8) is 0 Å². The molecule has 1 aliphatic rings. The van der Waals surface area contributed by atoms with Crippen molar-refractivity contribution in [2.24, 2.45) is 0 Å². The highest BCUT2D eigenvalue weighted by Gasteiger charge is 2.30. The van der Waals surface area contributed by atoms with Crippen LogP contribution in [-0.2, 0) is 0 Å². The van der Waals surface area contributed by atoms with Crippen LogP contribution in [0, 0.1) is 0 Å². The Labute approximate surface area is 108 Å². The van der Waals surface area contributed by atoms with Crippen LogP contribution < -0.4 is 10.1 Å². The molecule has 3 unspecified atom stereocenters. The van der Waals surface area contributed by atoms with Crippen molar-refractivity contribution in [3.8, 4) is 5.75 Å². The molecule has 1 heterocycles. The van der Waals surface area contributed by atoms with Gasteiger partial charge < -0.3 is 10.1 Å². The second-order valence-corrected chi connectivity index (χ2v) is 6.19. The van der Waals surface area contributed by atoms with Gasteiger partial charge in [0.25, 0.3) is 0 Å². The van der Waals surface area contributed by atoms with E-state index in [1.807, 2.05) is 24.9 Å². The van der Waals surface area contributed by atoms with Crippen LogP contribution in [-0.4, -0.2) is 24.2 Å². The van der Waals surface area contributed by atoms with Crippen molar-refractivity contribution < 1.29 is 4.74 Å². The summed E-state index contributed by atoms with van der Waals surface area (Å²) in [4.78, 5) is 0. The molecule has 0 fully saturated rings. The summed E-state index contributed by atoms with van der Waals surface area (Å²) in [7, 11) is 2.04. The second kappa shape index (κ2) is 5.78. The highest BCUT2D eigenvalue weighted by molar-refractivity contribution is 8.00. The van der Waals surface area contributed by atoms with E-state index in [0.717, 1.165) is 12.4 Å². The molecular formula is C14H21NOS. The molecule has 3 heteroatoms. The normalized spacial score (nSPS) is 24.9. The Balaban J connectivity index is 2.17. The molecule has 0 spiro atoms. The third-order valence-electron chi connectivity index (χ3n) is 3.32. The van der Waals surface area contributed by atoms with E-state index in [9.17, 15) is 0 Å². The van der Waals surface area contributed by atoms with Crippen LogP contribution in [0.4, 0.5) is 0 Å². The number of hydrogen-bond acceptors (Lipinski definition) is 3. The molecule has 17 heavy (non-hydrogen) atoms. The van der Waals surface area contributed by atoms with Crippen LogP contribution >= 0.6 is 11.8 Å². The van der Waals surface area contributed by atoms with E-state index in [2.05, 4.69) is 37.4 Å². The summed E-state index contributed by atoms with van der Waals surface area (Å²) < 4.78 is 5.85. The molecule has 0 saturated heterocycles. The van der Waals surface area contributed by atoms with Gasteiger partial charge >= 0.3 is 0 Å². The zero-order valence-electron chi connectivity index (χ0n) is 10.8. The number of benzene rings is 1. The molecule has 0 saturated carbocycles. The van der Waals surface area contributed by atoms with E-state index in [0.29, 0.717) is 16.5 Å². The number of rotatable bonds is 4. The predicted molar refractivity (Wildman–Crippen MR) is 74.9 cm³/mol. The minimum atomic E-state index is 0.402. The quantitative estimate of drug-likeness (QED) is 0.887. The Morgan fingerprint density at radius 1 is 1.47 bits per heavy atom. The topological polar surface area (TPSA) is 21.3 Å². The molecule has 2 nitrogen and oxygen atoms in total. The molecule has 0 radical (unpaired) electrons. The summed E-state index contributed by atoms with van der Waals surface area (Å²) in [5, 5.41) is 4.63. The van der Waals surface area contributed by atoms with E-state index in [4.69, 9.17) is 4.74 Å². The van der Waals surface area contributed by atoms with Crippen LogP contribution in [0.5, 0.6) is 5.75 Å². The lowest BCUT2D eigenvalue weighted by Gasteiger charge is -2.34. The first kappa shape index (κ1) is 12.8. The molecule has 0 aliphatic carbocycles. The van der Waals surface area contributed by atoms with E-state index in [1.165, 1.54) is 12.0 Å². The van der Waals surface area contributed by atoms with E-state index < -0.39 is 0 Å². The van der Waals surface area contributed by atoms with Gasteiger partial charge in [-0.1, -0.05) is 32.0 Å². The fourth-order valence-electron chi connectivity index (χ4n) is 2.19. The van der Waals surface area contributed by atoms with Crippen molar-refractivity contribution in [2.75, 3.05) is 13.7 Å². The van der Waals surface area contributed by atoms with Crippen molar-refractivity contribution in [3.05, 3.63) is 29.8 Å². The SMILES string of the molecule is CCC(C)SC1COc2ccccc2C1NC. The second-order valence-electron chi connectivity index (χ2n) is 4.51. The van der Waals surface area contributed by atoms with Crippen LogP contribution in [0.25, 0.3) is 0 Å². The number of fused-ring (bicyclic) bond motifs is 1. The third-order valence-corrected chi connectivity index (χ3v) is 4.88. The molecule has 1 aliphatic heterocycles. The molecule has 3 atom stereocenters. The van der Waals surface area contributed by atoms with Crippen molar-refractivity contribution in [1.29, 1.82) is 0 Å². The zero-order valence-corrected chi connectivity index (χ0v) is 11.6. The van der Waals surface area contributed by atoms with E-state index >= 15 is 0 Å². The highest BCUT2D eigenvalue weighted by Crippen LogP contribution is 2.38. The van der Waals surface area contributed by atoms with Crippen LogP contribution in [0.15, 0.2) is 24.3 Å². The molecule has 0 aromatic heterocycles. The lowest BCUT2D eigenvalue weighted by Crippen LogP contribution is -2.36. The molecule has 1 N–H and O–H groups in total. The Hall–Kier alpha value is -0.670. The van der Waals surface area contributed by atoms with Crippen molar-refractivity contribution in [2.45, 2.75) is 36.8 Å². The van der Waals surface area contributed by atoms with Crippen LogP contribution in [0.2, 0.25) is 0 Å². The van der Waals surface area contributed by atoms with Crippen LogP contribution in [0.3, 0.4) is 0 Å². The summed E-state index contributed by atoms with van der Waals surface area (Å²) >= 11 is 2.03. The van der Waals surface area contributed by atoms with Gasteiger partial charge in [0.1, 0.15) is 12.4 Å². The Morgan fingerprint density at radius 2 is 2.24 bits per heavy atom. The smallest absolute Gasteiger partial charge is 0.124 e. The minimum Gasteiger partial charge on any atom is -0.492 e. The number of nitrogens with one attached hydrogen (secondary N) is 1. The average molecular weight is 251 g/mol. The van der Waals surface area contributed by atoms with Crippen molar-refractivity contribution >= 4 is 11.8 Å². The minimum absolute atomic E-state index is 0.402. The zero-order chi connectivity index (χ0) is 12.3. The molecule has 0 amide bonds. The first-order valence-corrected chi connectivity index (χ1v) is 7.25. The van der Waals surface area contributed by atoms with Gasteiger partial charge in [0.2, 0.25) is 0 Å². The third kappa shape index (κ3) is 2.78.